The summed E-state index contributed by atoms with van der Waals surface area (Å²) < 4.78 is 10.7. The smallest absolute Gasteiger partial charge is 0.260 e. The monoisotopic (exact) mass is 403 g/mol. The molecule has 0 N–H and O–H groups in total. The van der Waals surface area contributed by atoms with E-state index in [1.54, 1.807) is 11.8 Å². The van der Waals surface area contributed by atoms with Crippen LogP contribution in [-0.2, 0) is 4.79 Å². The highest BCUT2D eigenvalue weighted by molar-refractivity contribution is 6.43. The lowest BCUT2D eigenvalue weighted by atomic mass is 9.97. The average molecular weight is 405 g/mol. The minimum Gasteiger partial charge on any atom is -0.482 e. The molecule has 0 bridgehead atoms. The molecule has 2 heterocycles. The number of rotatable bonds is 4. The van der Waals surface area contributed by atoms with Gasteiger partial charge < -0.3 is 14.2 Å². The van der Waals surface area contributed by atoms with Crippen LogP contribution in [0.25, 0.3) is 0 Å². The minimum absolute atomic E-state index is 0.109. The largest absolute Gasteiger partial charge is 0.482 e. The maximum absolute atomic E-state index is 12.3. The first-order valence-corrected chi connectivity index (χ1v) is 8.92. The van der Waals surface area contributed by atoms with Crippen molar-refractivity contribution in [3.05, 3.63) is 38.9 Å². The fraction of sp³-hybridized carbons (Fsp3) is 0.438. The van der Waals surface area contributed by atoms with Crippen LogP contribution in [0.4, 0.5) is 0 Å². The Labute approximate surface area is 160 Å². The molecule has 0 aliphatic carbocycles. The molecule has 1 aliphatic heterocycles. The minimum atomic E-state index is -0.109. The van der Waals surface area contributed by atoms with E-state index in [0.29, 0.717) is 45.6 Å². The van der Waals surface area contributed by atoms with Gasteiger partial charge in [0, 0.05) is 25.1 Å². The molecule has 1 aromatic heterocycles. The Morgan fingerprint density at radius 2 is 1.92 bits per heavy atom. The topological polar surface area (TPSA) is 68.5 Å². The van der Waals surface area contributed by atoms with Gasteiger partial charge in [-0.25, -0.2) is 0 Å². The number of hydrogen-bond acceptors (Lipinski definition) is 5. The number of carbonyl (C=O) groups excluding carboxylic acids is 1. The molecule has 134 valence electrons. The number of aromatic nitrogens is 2. The Morgan fingerprint density at radius 1 is 1.24 bits per heavy atom. The number of carbonyl (C=O) groups is 1. The lowest BCUT2D eigenvalue weighted by Crippen LogP contribution is -2.40. The lowest BCUT2D eigenvalue weighted by molar-refractivity contribution is -0.134. The second-order valence-electron chi connectivity index (χ2n) is 5.82. The molecule has 2 aromatic rings. The molecule has 25 heavy (non-hydrogen) atoms. The van der Waals surface area contributed by atoms with E-state index in [4.69, 9.17) is 44.1 Å². The Kier molecular flexibility index (Phi) is 5.71. The van der Waals surface area contributed by atoms with Crippen molar-refractivity contribution in [2.24, 2.45) is 0 Å². The molecule has 6 nitrogen and oxygen atoms in total. The van der Waals surface area contributed by atoms with Crippen molar-refractivity contribution in [1.82, 2.24) is 15.0 Å². The van der Waals surface area contributed by atoms with Gasteiger partial charge in [-0.15, -0.1) is 0 Å². The third kappa shape index (κ3) is 4.37. The molecule has 0 atom stereocenters. The third-order valence-corrected chi connectivity index (χ3v) is 5.08. The summed E-state index contributed by atoms with van der Waals surface area (Å²) in [4.78, 5) is 18.3. The average Bonchev–Trinajstić information content (AvgIpc) is 3.03. The maximum Gasteiger partial charge on any atom is 0.260 e. The first kappa shape index (κ1) is 18.3. The zero-order valence-corrected chi connectivity index (χ0v) is 15.7. The molecule has 1 fully saturated rings. The van der Waals surface area contributed by atoms with Crippen LogP contribution in [0.5, 0.6) is 5.75 Å². The fourth-order valence-electron chi connectivity index (χ4n) is 2.70. The van der Waals surface area contributed by atoms with Crippen LogP contribution in [-0.4, -0.2) is 40.6 Å². The van der Waals surface area contributed by atoms with Crippen LogP contribution in [0.2, 0.25) is 15.1 Å². The third-order valence-electron chi connectivity index (χ3n) is 4.07. The van der Waals surface area contributed by atoms with E-state index >= 15 is 0 Å². The van der Waals surface area contributed by atoms with Crippen molar-refractivity contribution in [1.29, 1.82) is 0 Å². The Morgan fingerprint density at radius 3 is 2.56 bits per heavy atom. The molecule has 0 spiro atoms. The number of piperidine rings is 1. The van der Waals surface area contributed by atoms with Gasteiger partial charge in [0.05, 0.1) is 15.1 Å². The molecule has 1 amide bonds. The number of ether oxygens (including phenoxy) is 1. The van der Waals surface area contributed by atoms with Crippen LogP contribution >= 0.6 is 34.8 Å². The summed E-state index contributed by atoms with van der Waals surface area (Å²) in [6.45, 7) is 2.91. The van der Waals surface area contributed by atoms with Crippen LogP contribution in [0, 0.1) is 6.92 Å². The van der Waals surface area contributed by atoms with Gasteiger partial charge in [0.15, 0.2) is 12.4 Å². The Balaban J connectivity index is 1.52. The molecule has 0 saturated carbocycles. The first-order valence-electron chi connectivity index (χ1n) is 7.79. The predicted molar refractivity (Wildman–Crippen MR) is 94.6 cm³/mol. The second-order valence-corrected chi connectivity index (χ2v) is 7.04. The molecule has 3 rings (SSSR count). The van der Waals surface area contributed by atoms with Gasteiger partial charge in [-0.2, -0.15) is 4.98 Å². The highest BCUT2D eigenvalue weighted by Gasteiger charge is 2.27. The molecular formula is C16H16Cl3N3O3. The Hall–Kier alpha value is -1.50. The highest BCUT2D eigenvalue weighted by atomic mass is 35.5. The van der Waals surface area contributed by atoms with E-state index in [2.05, 4.69) is 10.1 Å². The van der Waals surface area contributed by atoms with Gasteiger partial charge in [0.25, 0.3) is 5.91 Å². The standard InChI is InChI=1S/C16H16Cl3N3O3/c1-9-20-16(25-21-9)10-2-4-22(5-3-10)15(23)8-24-14-7-12(18)11(17)6-13(14)19/h6-7,10H,2-5,8H2,1H3. The molecule has 1 aromatic carbocycles. The van der Waals surface area contributed by atoms with E-state index in [1.807, 2.05) is 0 Å². The molecule has 1 saturated heterocycles. The summed E-state index contributed by atoms with van der Waals surface area (Å²) in [6.07, 6.45) is 1.56. The van der Waals surface area contributed by atoms with Crippen molar-refractivity contribution in [2.75, 3.05) is 19.7 Å². The van der Waals surface area contributed by atoms with Gasteiger partial charge in [0.1, 0.15) is 5.75 Å². The number of aryl methyl sites for hydroxylation is 1. The SMILES string of the molecule is Cc1noc(C2CCN(C(=O)COc3cc(Cl)c(Cl)cc3Cl)CC2)n1. The zero-order chi connectivity index (χ0) is 18.0. The molecule has 1 aliphatic rings. The summed E-state index contributed by atoms with van der Waals surface area (Å²) in [5.74, 6) is 1.68. The zero-order valence-electron chi connectivity index (χ0n) is 13.5. The second kappa shape index (κ2) is 7.81. The van der Waals surface area contributed by atoms with E-state index < -0.39 is 0 Å². The van der Waals surface area contributed by atoms with Crippen molar-refractivity contribution >= 4 is 40.7 Å². The number of halogens is 3. The van der Waals surface area contributed by atoms with Gasteiger partial charge in [-0.1, -0.05) is 40.0 Å². The summed E-state index contributed by atoms with van der Waals surface area (Å²) in [6, 6.07) is 2.99. The van der Waals surface area contributed by atoms with E-state index in [0.717, 1.165) is 12.8 Å². The summed E-state index contributed by atoms with van der Waals surface area (Å²) >= 11 is 17.9. The van der Waals surface area contributed by atoms with Gasteiger partial charge in [-0.3, -0.25) is 4.79 Å². The number of likely N-dealkylation sites (tertiary alicyclic amines) is 1. The fourth-order valence-corrected chi connectivity index (χ4v) is 3.29. The first-order chi connectivity index (χ1) is 11.9. The molecular weight excluding hydrogens is 389 g/mol. The van der Waals surface area contributed by atoms with Crippen molar-refractivity contribution in [2.45, 2.75) is 25.7 Å². The number of benzene rings is 1. The summed E-state index contributed by atoms with van der Waals surface area (Å²) in [5, 5.41) is 4.78. The van der Waals surface area contributed by atoms with E-state index in [1.165, 1.54) is 12.1 Å². The summed E-state index contributed by atoms with van der Waals surface area (Å²) in [5.41, 5.74) is 0. The van der Waals surface area contributed by atoms with E-state index in [9.17, 15) is 4.79 Å². The quantitative estimate of drug-likeness (QED) is 0.717. The molecule has 0 unspecified atom stereocenters. The van der Waals surface area contributed by atoms with Gasteiger partial charge in [0.2, 0.25) is 5.89 Å². The number of hydrogen-bond donors (Lipinski definition) is 0. The van der Waals surface area contributed by atoms with Crippen LogP contribution in [0.1, 0.15) is 30.5 Å². The maximum atomic E-state index is 12.3. The van der Waals surface area contributed by atoms with Crippen molar-refractivity contribution in [3.8, 4) is 5.75 Å². The predicted octanol–water partition coefficient (Wildman–Crippen LogP) is 4.12. The van der Waals surface area contributed by atoms with Gasteiger partial charge in [-0.05, 0) is 25.8 Å². The molecule has 0 radical (unpaired) electrons. The van der Waals surface area contributed by atoms with Crippen LogP contribution in [0.3, 0.4) is 0 Å². The summed E-state index contributed by atoms with van der Waals surface area (Å²) in [7, 11) is 0. The van der Waals surface area contributed by atoms with Crippen molar-refractivity contribution < 1.29 is 14.1 Å². The molecule has 9 heteroatoms. The van der Waals surface area contributed by atoms with E-state index in [-0.39, 0.29) is 18.4 Å². The lowest BCUT2D eigenvalue weighted by Gasteiger charge is -2.30. The Bertz CT molecular complexity index is 773. The number of nitrogens with zero attached hydrogens (tertiary/aromatic N) is 3. The van der Waals surface area contributed by atoms with Gasteiger partial charge >= 0.3 is 0 Å². The van der Waals surface area contributed by atoms with Crippen LogP contribution in [0.15, 0.2) is 16.7 Å². The normalized spacial score (nSPS) is 15.4. The van der Waals surface area contributed by atoms with Crippen molar-refractivity contribution in [3.63, 3.8) is 0 Å². The highest BCUT2D eigenvalue weighted by Crippen LogP contribution is 2.34. The van der Waals surface area contributed by atoms with Crippen LogP contribution < -0.4 is 4.74 Å². The number of amides is 1.